The van der Waals surface area contributed by atoms with Crippen molar-refractivity contribution in [3.63, 3.8) is 0 Å². The molecule has 0 atom stereocenters. The van der Waals surface area contributed by atoms with Crippen LogP contribution in [0.3, 0.4) is 0 Å². The molecule has 0 aromatic heterocycles. The maximum absolute atomic E-state index is 10.7. The summed E-state index contributed by atoms with van der Waals surface area (Å²) < 4.78 is 5.75. The lowest BCUT2D eigenvalue weighted by atomic mass is 10.0. The van der Waals surface area contributed by atoms with Crippen molar-refractivity contribution in [2.75, 3.05) is 0 Å². The van der Waals surface area contributed by atoms with Crippen LogP contribution in [0.2, 0.25) is 0 Å². The summed E-state index contributed by atoms with van der Waals surface area (Å²) in [5.74, 6) is -0.0987. The van der Waals surface area contributed by atoms with Crippen molar-refractivity contribution in [1.29, 1.82) is 0 Å². The van der Waals surface area contributed by atoms with Gasteiger partial charge < -0.3 is 9.84 Å². The van der Waals surface area contributed by atoms with Crippen LogP contribution in [0.25, 0.3) is 11.1 Å². The van der Waals surface area contributed by atoms with Gasteiger partial charge in [0.15, 0.2) is 0 Å². The van der Waals surface area contributed by atoms with E-state index >= 15 is 0 Å². The van der Waals surface area contributed by atoms with Gasteiger partial charge in [0.1, 0.15) is 12.4 Å². The zero-order valence-electron chi connectivity index (χ0n) is 13.2. The Morgan fingerprint density at radius 2 is 1.33 bits per heavy atom. The fourth-order valence-corrected chi connectivity index (χ4v) is 2.47. The summed E-state index contributed by atoms with van der Waals surface area (Å²) in [6.07, 6.45) is 0.0290. The monoisotopic (exact) mass is 318 g/mol. The third-order valence-corrected chi connectivity index (χ3v) is 3.75. The van der Waals surface area contributed by atoms with Gasteiger partial charge in [0, 0.05) is 0 Å². The van der Waals surface area contributed by atoms with Crippen molar-refractivity contribution in [3.8, 4) is 16.9 Å². The third-order valence-electron chi connectivity index (χ3n) is 3.75. The third kappa shape index (κ3) is 4.23. The molecule has 0 saturated carbocycles. The van der Waals surface area contributed by atoms with Crippen LogP contribution in [-0.4, -0.2) is 11.1 Å². The lowest BCUT2D eigenvalue weighted by molar-refractivity contribution is -0.136. The van der Waals surface area contributed by atoms with Crippen LogP contribution in [0.4, 0.5) is 0 Å². The smallest absolute Gasteiger partial charge is 0.307 e. The van der Waals surface area contributed by atoms with Crippen molar-refractivity contribution in [1.82, 2.24) is 0 Å². The summed E-state index contributed by atoms with van der Waals surface area (Å²) in [5, 5.41) is 8.76. The largest absolute Gasteiger partial charge is 0.489 e. The highest BCUT2D eigenvalue weighted by Crippen LogP contribution is 2.20. The van der Waals surface area contributed by atoms with Crippen LogP contribution in [0.1, 0.15) is 11.1 Å². The van der Waals surface area contributed by atoms with E-state index in [1.165, 1.54) is 11.1 Å². The topological polar surface area (TPSA) is 46.5 Å². The van der Waals surface area contributed by atoms with Gasteiger partial charge in [-0.3, -0.25) is 4.79 Å². The van der Waals surface area contributed by atoms with Crippen molar-refractivity contribution in [3.05, 3.63) is 90.0 Å². The molecule has 0 aliphatic heterocycles. The van der Waals surface area contributed by atoms with Crippen molar-refractivity contribution < 1.29 is 14.6 Å². The minimum absolute atomic E-state index is 0.0290. The van der Waals surface area contributed by atoms with E-state index in [0.29, 0.717) is 6.61 Å². The fourth-order valence-electron chi connectivity index (χ4n) is 2.47. The SMILES string of the molecule is O=C(O)Cc1ccc(OCc2ccc(-c3ccccc3)cc2)cc1. The number of carboxylic acid groups (broad SMARTS) is 1. The van der Waals surface area contributed by atoms with Gasteiger partial charge in [0.25, 0.3) is 0 Å². The predicted octanol–water partition coefficient (Wildman–Crippen LogP) is 4.56. The molecule has 0 aliphatic rings. The van der Waals surface area contributed by atoms with Crippen LogP contribution >= 0.6 is 0 Å². The molecule has 0 bridgehead atoms. The minimum atomic E-state index is -0.831. The first-order valence-electron chi connectivity index (χ1n) is 7.78. The minimum Gasteiger partial charge on any atom is -0.489 e. The average molecular weight is 318 g/mol. The van der Waals surface area contributed by atoms with Gasteiger partial charge in [-0.25, -0.2) is 0 Å². The Labute approximate surface area is 141 Å². The number of carboxylic acids is 1. The van der Waals surface area contributed by atoms with Gasteiger partial charge in [-0.05, 0) is 34.4 Å². The van der Waals surface area contributed by atoms with E-state index in [0.717, 1.165) is 16.9 Å². The second-order valence-electron chi connectivity index (χ2n) is 5.57. The van der Waals surface area contributed by atoms with Crippen LogP contribution in [-0.2, 0) is 17.8 Å². The quantitative estimate of drug-likeness (QED) is 0.725. The number of rotatable bonds is 6. The van der Waals surface area contributed by atoms with Crippen LogP contribution < -0.4 is 4.74 Å². The lowest BCUT2D eigenvalue weighted by Gasteiger charge is -2.08. The molecule has 0 saturated heterocycles. The number of benzene rings is 3. The highest BCUT2D eigenvalue weighted by Gasteiger charge is 2.02. The number of hydrogen-bond acceptors (Lipinski definition) is 2. The fraction of sp³-hybridized carbons (Fsp3) is 0.0952. The number of hydrogen-bond donors (Lipinski definition) is 1. The van der Waals surface area contributed by atoms with Crippen LogP contribution in [0, 0.1) is 0 Å². The summed E-state index contributed by atoms with van der Waals surface area (Å²) in [7, 11) is 0. The van der Waals surface area contributed by atoms with Crippen molar-refractivity contribution in [2.45, 2.75) is 13.0 Å². The number of ether oxygens (including phenoxy) is 1. The summed E-state index contributed by atoms with van der Waals surface area (Å²) >= 11 is 0. The molecule has 0 unspecified atom stereocenters. The summed E-state index contributed by atoms with van der Waals surface area (Å²) in [6, 6.07) is 25.7. The second-order valence-corrected chi connectivity index (χ2v) is 5.57. The van der Waals surface area contributed by atoms with E-state index in [4.69, 9.17) is 9.84 Å². The van der Waals surface area contributed by atoms with Crippen molar-refractivity contribution >= 4 is 5.97 Å². The Bertz CT molecular complexity index is 791. The first-order valence-corrected chi connectivity index (χ1v) is 7.78. The highest BCUT2D eigenvalue weighted by atomic mass is 16.5. The molecule has 3 aromatic carbocycles. The first kappa shape index (κ1) is 15.8. The molecular formula is C21H18O3. The zero-order valence-corrected chi connectivity index (χ0v) is 13.2. The van der Waals surface area contributed by atoms with Gasteiger partial charge in [-0.15, -0.1) is 0 Å². The maximum Gasteiger partial charge on any atom is 0.307 e. The Morgan fingerprint density at radius 3 is 1.96 bits per heavy atom. The molecule has 120 valence electrons. The van der Waals surface area contributed by atoms with E-state index in [9.17, 15) is 4.79 Å². The molecule has 3 nitrogen and oxygen atoms in total. The van der Waals surface area contributed by atoms with E-state index in [-0.39, 0.29) is 6.42 Å². The number of carbonyl (C=O) groups is 1. The van der Waals surface area contributed by atoms with Crippen molar-refractivity contribution in [2.24, 2.45) is 0 Å². The highest BCUT2D eigenvalue weighted by molar-refractivity contribution is 5.70. The molecule has 0 heterocycles. The van der Waals surface area contributed by atoms with Crippen LogP contribution in [0.5, 0.6) is 5.75 Å². The lowest BCUT2D eigenvalue weighted by Crippen LogP contribution is -2.00. The maximum atomic E-state index is 10.7. The molecule has 3 aromatic rings. The normalized spacial score (nSPS) is 10.3. The molecule has 0 fully saturated rings. The van der Waals surface area contributed by atoms with E-state index < -0.39 is 5.97 Å². The van der Waals surface area contributed by atoms with Gasteiger partial charge >= 0.3 is 5.97 Å². The number of aliphatic carboxylic acids is 1. The summed E-state index contributed by atoms with van der Waals surface area (Å²) in [5.41, 5.74) is 4.22. The summed E-state index contributed by atoms with van der Waals surface area (Å²) in [4.78, 5) is 10.7. The molecular weight excluding hydrogens is 300 g/mol. The van der Waals surface area contributed by atoms with E-state index in [2.05, 4.69) is 36.4 Å². The average Bonchev–Trinajstić information content (AvgIpc) is 2.62. The van der Waals surface area contributed by atoms with E-state index in [1.807, 2.05) is 18.2 Å². The van der Waals surface area contributed by atoms with Gasteiger partial charge in [-0.2, -0.15) is 0 Å². The Kier molecular flexibility index (Phi) is 4.92. The Balaban J connectivity index is 1.59. The molecule has 24 heavy (non-hydrogen) atoms. The summed E-state index contributed by atoms with van der Waals surface area (Å²) in [6.45, 7) is 0.480. The zero-order chi connectivity index (χ0) is 16.8. The van der Waals surface area contributed by atoms with E-state index in [1.54, 1.807) is 24.3 Å². The van der Waals surface area contributed by atoms with Gasteiger partial charge in [0.05, 0.1) is 6.42 Å². The van der Waals surface area contributed by atoms with Gasteiger partial charge in [-0.1, -0.05) is 66.7 Å². The molecule has 0 radical (unpaired) electrons. The first-order chi connectivity index (χ1) is 11.7. The molecule has 3 rings (SSSR count). The molecule has 0 amide bonds. The predicted molar refractivity (Wildman–Crippen MR) is 94.0 cm³/mol. The molecule has 3 heteroatoms. The molecule has 0 aliphatic carbocycles. The Hall–Kier alpha value is -3.07. The van der Waals surface area contributed by atoms with Gasteiger partial charge in [0.2, 0.25) is 0 Å². The van der Waals surface area contributed by atoms with Crippen LogP contribution in [0.15, 0.2) is 78.9 Å². The Morgan fingerprint density at radius 1 is 0.750 bits per heavy atom. The second kappa shape index (κ2) is 7.47. The standard InChI is InChI=1S/C21H18O3/c22-21(23)14-16-8-12-20(13-9-16)24-15-17-6-10-19(11-7-17)18-4-2-1-3-5-18/h1-13H,14-15H2,(H,22,23). The molecule has 1 N–H and O–H groups in total. The molecule has 0 spiro atoms.